The molecule has 0 fully saturated rings. The second-order valence-electron chi connectivity index (χ2n) is 5.79. The molecule has 1 amide bonds. The molecule has 0 aliphatic rings. The molecule has 1 atom stereocenters. The van der Waals surface area contributed by atoms with Gasteiger partial charge in [0.2, 0.25) is 5.91 Å². The Hall–Kier alpha value is -1.88. The topological polar surface area (TPSA) is 59.2 Å². The SMILES string of the molecule is CCc1nc(C)c(C(C)N(C)C(=O)CCc2ccccc2N)s1. The fourth-order valence-electron chi connectivity index (χ4n) is 2.58. The highest BCUT2D eigenvalue weighted by atomic mass is 32.1. The van der Waals surface area contributed by atoms with E-state index in [9.17, 15) is 4.79 Å². The lowest BCUT2D eigenvalue weighted by atomic mass is 10.1. The molecule has 1 aromatic carbocycles. The molecule has 0 aliphatic carbocycles. The van der Waals surface area contributed by atoms with E-state index in [0.717, 1.165) is 28.4 Å². The minimum atomic E-state index is 0.0495. The van der Waals surface area contributed by atoms with Crippen LogP contribution < -0.4 is 5.73 Å². The molecule has 1 heterocycles. The molecule has 0 bridgehead atoms. The van der Waals surface area contributed by atoms with Crippen LogP contribution in [0.15, 0.2) is 24.3 Å². The van der Waals surface area contributed by atoms with Gasteiger partial charge in [0.1, 0.15) is 0 Å². The number of para-hydroxylation sites is 1. The van der Waals surface area contributed by atoms with E-state index in [1.54, 1.807) is 11.3 Å². The van der Waals surface area contributed by atoms with Gasteiger partial charge in [-0.3, -0.25) is 4.79 Å². The summed E-state index contributed by atoms with van der Waals surface area (Å²) in [6.45, 7) is 6.19. The standard InChI is InChI=1S/C18H25N3OS/c1-5-16-20-12(2)18(23-16)13(3)21(4)17(22)11-10-14-8-6-7-9-15(14)19/h6-9,13H,5,10-11,19H2,1-4H3. The average Bonchev–Trinajstić information content (AvgIpc) is 2.93. The molecule has 0 radical (unpaired) electrons. The molecule has 23 heavy (non-hydrogen) atoms. The van der Waals surface area contributed by atoms with Gasteiger partial charge in [-0.25, -0.2) is 4.98 Å². The van der Waals surface area contributed by atoms with Gasteiger partial charge in [0.05, 0.1) is 16.7 Å². The molecule has 1 aromatic heterocycles. The fraction of sp³-hybridized carbons (Fsp3) is 0.444. The van der Waals surface area contributed by atoms with Crippen molar-refractivity contribution < 1.29 is 4.79 Å². The number of aromatic nitrogens is 1. The van der Waals surface area contributed by atoms with Gasteiger partial charge in [-0.15, -0.1) is 11.3 Å². The summed E-state index contributed by atoms with van der Waals surface area (Å²) in [7, 11) is 1.87. The quantitative estimate of drug-likeness (QED) is 0.820. The number of rotatable bonds is 6. The minimum absolute atomic E-state index is 0.0495. The molecule has 0 aliphatic heterocycles. The maximum absolute atomic E-state index is 12.5. The van der Waals surface area contributed by atoms with E-state index in [1.807, 2.05) is 43.1 Å². The van der Waals surface area contributed by atoms with Gasteiger partial charge in [-0.1, -0.05) is 25.1 Å². The van der Waals surface area contributed by atoms with Crippen LogP contribution in [0.5, 0.6) is 0 Å². The van der Waals surface area contributed by atoms with Crippen LogP contribution in [0.2, 0.25) is 0 Å². The summed E-state index contributed by atoms with van der Waals surface area (Å²) in [5, 5.41) is 1.13. The van der Waals surface area contributed by atoms with Crippen LogP contribution in [-0.4, -0.2) is 22.8 Å². The summed E-state index contributed by atoms with van der Waals surface area (Å²) >= 11 is 1.71. The van der Waals surface area contributed by atoms with Crippen molar-refractivity contribution in [1.29, 1.82) is 0 Å². The predicted octanol–water partition coefficient (Wildman–Crippen LogP) is 3.75. The second kappa shape index (κ2) is 7.59. The Balaban J connectivity index is 2.01. The minimum Gasteiger partial charge on any atom is -0.399 e. The molecular weight excluding hydrogens is 306 g/mol. The molecular formula is C18H25N3OS. The zero-order valence-electron chi connectivity index (χ0n) is 14.3. The second-order valence-corrected chi connectivity index (χ2v) is 6.91. The number of hydrogen-bond acceptors (Lipinski definition) is 4. The molecule has 0 saturated heterocycles. The van der Waals surface area contributed by atoms with E-state index in [-0.39, 0.29) is 11.9 Å². The summed E-state index contributed by atoms with van der Waals surface area (Å²) in [5.74, 6) is 0.131. The highest BCUT2D eigenvalue weighted by Gasteiger charge is 2.21. The van der Waals surface area contributed by atoms with Crippen LogP contribution in [0.25, 0.3) is 0 Å². The molecule has 124 valence electrons. The molecule has 2 N–H and O–H groups in total. The normalized spacial score (nSPS) is 12.2. The first kappa shape index (κ1) is 17.5. The number of carbonyl (C=O) groups excluding carboxylic acids is 1. The Labute approximate surface area is 142 Å². The molecule has 5 heteroatoms. The highest BCUT2D eigenvalue weighted by molar-refractivity contribution is 7.11. The van der Waals surface area contributed by atoms with Crippen LogP contribution in [0.1, 0.15) is 47.5 Å². The van der Waals surface area contributed by atoms with Crippen molar-refractivity contribution in [1.82, 2.24) is 9.88 Å². The maximum Gasteiger partial charge on any atom is 0.223 e. The Morgan fingerprint density at radius 3 is 2.70 bits per heavy atom. The maximum atomic E-state index is 12.5. The number of carbonyl (C=O) groups is 1. The number of anilines is 1. The van der Waals surface area contributed by atoms with Crippen LogP contribution in [0.4, 0.5) is 5.69 Å². The first-order valence-electron chi connectivity index (χ1n) is 7.99. The van der Waals surface area contributed by atoms with Gasteiger partial charge >= 0.3 is 0 Å². The third kappa shape index (κ3) is 4.10. The van der Waals surface area contributed by atoms with E-state index >= 15 is 0 Å². The lowest BCUT2D eigenvalue weighted by Crippen LogP contribution is -2.29. The largest absolute Gasteiger partial charge is 0.399 e. The van der Waals surface area contributed by atoms with Gasteiger partial charge in [-0.2, -0.15) is 0 Å². The number of aryl methyl sites for hydroxylation is 3. The van der Waals surface area contributed by atoms with E-state index in [4.69, 9.17) is 5.73 Å². The van der Waals surface area contributed by atoms with Crippen molar-refractivity contribution in [3.05, 3.63) is 45.4 Å². The Bertz CT molecular complexity index is 681. The van der Waals surface area contributed by atoms with Gasteiger partial charge < -0.3 is 10.6 Å². The summed E-state index contributed by atoms with van der Waals surface area (Å²) in [5.41, 5.74) is 8.76. The van der Waals surface area contributed by atoms with Crippen molar-refractivity contribution in [2.45, 2.75) is 46.1 Å². The fourth-order valence-corrected chi connectivity index (χ4v) is 3.68. The van der Waals surface area contributed by atoms with Crippen molar-refractivity contribution in [3.8, 4) is 0 Å². The summed E-state index contributed by atoms with van der Waals surface area (Å²) < 4.78 is 0. The van der Waals surface area contributed by atoms with E-state index in [0.29, 0.717) is 12.8 Å². The third-order valence-corrected chi connectivity index (χ3v) is 5.67. The Morgan fingerprint density at radius 2 is 2.09 bits per heavy atom. The van der Waals surface area contributed by atoms with Crippen molar-refractivity contribution in [2.75, 3.05) is 12.8 Å². The van der Waals surface area contributed by atoms with Crippen LogP contribution in [-0.2, 0) is 17.6 Å². The number of amides is 1. The first-order chi connectivity index (χ1) is 10.9. The van der Waals surface area contributed by atoms with Gasteiger partial charge in [0.25, 0.3) is 0 Å². The average molecular weight is 331 g/mol. The van der Waals surface area contributed by atoms with Crippen molar-refractivity contribution in [2.24, 2.45) is 0 Å². The van der Waals surface area contributed by atoms with E-state index < -0.39 is 0 Å². The van der Waals surface area contributed by atoms with Gasteiger partial charge in [0.15, 0.2) is 0 Å². The molecule has 0 spiro atoms. The zero-order chi connectivity index (χ0) is 17.0. The number of nitrogens with two attached hydrogens (primary N) is 1. The summed E-state index contributed by atoms with van der Waals surface area (Å²) in [4.78, 5) is 20.1. The Morgan fingerprint density at radius 1 is 1.39 bits per heavy atom. The van der Waals surface area contributed by atoms with Crippen molar-refractivity contribution in [3.63, 3.8) is 0 Å². The predicted molar refractivity (Wildman–Crippen MR) is 96.6 cm³/mol. The van der Waals surface area contributed by atoms with E-state index in [2.05, 4.69) is 18.8 Å². The lowest BCUT2D eigenvalue weighted by molar-refractivity contribution is -0.131. The summed E-state index contributed by atoms with van der Waals surface area (Å²) in [6.07, 6.45) is 2.07. The van der Waals surface area contributed by atoms with Crippen molar-refractivity contribution >= 4 is 22.9 Å². The van der Waals surface area contributed by atoms with Crippen LogP contribution in [0.3, 0.4) is 0 Å². The van der Waals surface area contributed by atoms with Gasteiger partial charge in [0, 0.05) is 24.0 Å². The van der Waals surface area contributed by atoms with E-state index in [1.165, 1.54) is 4.88 Å². The molecule has 1 unspecified atom stereocenters. The van der Waals surface area contributed by atoms with Crippen LogP contribution in [0, 0.1) is 6.92 Å². The number of benzene rings is 1. The molecule has 2 aromatic rings. The number of thiazole rings is 1. The smallest absolute Gasteiger partial charge is 0.223 e. The molecule has 4 nitrogen and oxygen atoms in total. The monoisotopic (exact) mass is 331 g/mol. The first-order valence-corrected chi connectivity index (χ1v) is 8.80. The number of hydrogen-bond donors (Lipinski definition) is 1. The lowest BCUT2D eigenvalue weighted by Gasteiger charge is -2.24. The molecule has 0 saturated carbocycles. The molecule has 2 rings (SSSR count). The van der Waals surface area contributed by atoms with Gasteiger partial charge in [-0.05, 0) is 38.3 Å². The number of nitrogen functional groups attached to an aromatic ring is 1. The highest BCUT2D eigenvalue weighted by Crippen LogP contribution is 2.29. The van der Waals surface area contributed by atoms with Crippen LogP contribution >= 0.6 is 11.3 Å². The zero-order valence-corrected chi connectivity index (χ0v) is 15.1. The summed E-state index contributed by atoms with van der Waals surface area (Å²) in [6, 6.07) is 7.77. The Kier molecular flexibility index (Phi) is 5.77. The third-order valence-electron chi connectivity index (χ3n) is 4.20. The number of nitrogens with zero attached hydrogens (tertiary/aromatic N) is 2.